The lowest BCUT2D eigenvalue weighted by Crippen LogP contribution is -2.65. The molecule has 3 atom stereocenters. The molecule has 17 heavy (non-hydrogen) atoms. The Morgan fingerprint density at radius 3 is 2.76 bits per heavy atom. The van der Waals surface area contributed by atoms with Crippen molar-refractivity contribution >= 4 is 11.9 Å². The number of rotatable bonds is 3. The third kappa shape index (κ3) is 2.97. The number of carbonyl (C=O) groups excluding carboxylic acids is 2. The smallest absolute Gasteiger partial charge is 0.307 e. The second-order valence-corrected chi connectivity index (χ2v) is 4.73. The van der Waals surface area contributed by atoms with E-state index in [9.17, 15) is 9.59 Å². The molecule has 0 spiro atoms. The van der Waals surface area contributed by atoms with Crippen LogP contribution in [0.4, 0.5) is 0 Å². The zero-order valence-electron chi connectivity index (χ0n) is 10.2. The first-order valence-electron chi connectivity index (χ1n) is 6.42. The molecule has 0 aromatic carbocycles. The van der Waals surface area contributed by atoms with Gasteiger partial charge in [-0.2, -0.15) is 0 Å². The van der Waals surface area contributed by atoms with Gasteiger partial charge in [0, 0.05) is 12.1 Å². The number of amides is 1. The van der Waals surface area contributed by atoms with Gasteiger partial charge in [0.1, 0.15) is 0 Å². The molecule has 1 aliphatic heterocycles. The van der Waals surface area contributed by atoms with Crippen LogP contribution in [0.3, 0.4) is 0 Å². The average Bonchev–Trinajstić information content (AvgIpc) is 2.30. The zero-order chi connectivity index (χ0) is 12.3. The van der Waals surface area contributed by atoms with Gasteiger partial charge in [-0.1, -0.05) is 12.8 Å². The van der Waals surface area contributed by atoms with Crippen molar-refractivity contribution < 1.29 is 14.3 Å². The molecule has 96 valence electrons. The molecule has 0 aromatic rings. The van der Waals surface area contributed by atoms with Crippen LogP contribution in [-0.4, -0.2) is 36.6 Å². The fourth-order valence-corrected chi connectivity index (χ4v) is 2.66. The van der Waals surface area contributed by atoms with Gasteiger partial charge < -0.3 is 15.4 Å². The second-order valence-electron chi connectivity index (χ2n) is 4.73. The van der Waals surface area contributed by atoms with Crippen LogP contribution in [0.25, 0.3) is 0 Å². The Labute approximate surface area is 101 Å². The van der Waals surface area contributed by atoms with E-state index in [2.05, 4.69) is 10.6 Å². The van der Waals surface area contributed by atoms with Crippen molar-refractivity contribution in [2.45, 2.75) is 57.2 Å². The molecule has 0 radical (unpaired) electrons. The molecule has 0 unspecified atom stereocenters. The Balaban J connectivity index is 1.90. The highest BCUT2D eigenvalue weighted by Gasteiger charge is 2.37. The highest BCUT2D eigenvalue weighted by atomic mass is 16.5. The maximum atomic E-state index is 11.8. The molecule has 0 bridgehead atoms. The molecular weight excluding hydrogens is 220 g/mol. The Bertz CT molecular complexity index is 306. The predicted octanol–water partition coefficient (Wildman–Crippen LogP) is 0.339. The van der Waals surface area contributed by atoms with Gasteiger partial charge in [0.25, 0.3) is 0 Å². The van der Waals surface area contributed by atoms with E-state index >= 15 is 0 Å². The van der Waals surface area contributed by atoms with Gasteiger partial charge in [-0.3, -0.25) is 9.59 Å². The summed E-state index contributed by atoms with van der Waals surface area (Å²) in [6.45, 7) is 2.13. The quantitative estimate of drug-likeness (QED) is 0.698. The van der Waals surface area contributed by atoms with E-state index in [0.29, 0.717) is 12.6 Å². The molecule has 1 saturated heterocycles. The van der Waals surface area contributed by atoms with Crippen LogP contribution in [0.5, 0.6) is 0 Å². The highest BCUT2D eigenvalue weighted by molar-refractivity contribution is 5.87. The van der Waals surface area contributed by atoms with Crippen molar-refractivity contribution in [3.05, 3.63) is 0 Å². The normalized spacial score (nSPS) is 32.5. The second kappa shape index (κ2) is 5.49. The van der Waals surface area contributed by atoms with Crippen molar-refractivity contribution in [2.75, 3.05) is 6.61 Å². The lowest BCUT2D eigenvalue weighted by atomic mass is 9.87. The number of nitrogens with one attached hydrogen (secondary N) is 2. The maximum Gasteiger partial charge on any atom is 0.307 e. The summed E-state index contributed by atoms with van der Waals surface area (Å²) in [7, 11) is 0. The van der Waals surface area contributed by atoms with Crippen LogP contribution in [0.2, 0.25) is 0 Å². The van der Waals surface area contributed by atoms with Crippen molar-refractivity contribution in [2.24, 2.45) is 0 Å². The first kappa shape index (κ1) is 12.4. The number of carbonyl (C=O) groups is 2. The molecule has 5 nitrogen and oxygen atoms in total. The van der Waals surface area contributed by atoms with Gasteiger partial charge in [0.2, 0.25) is 5.91 Å². The molecule has 2 fully saturated rings. The van der Waals surface area contributed by atoms with E-state index < -0.39 is 6.04 Å². The third-order valence-electron chi connectivity index (χ3n) is 3.50. The van der Waals surface area contributed by atoms with Gasteiger partial charge >= 0.3 is 5.97 Å². The summed E-state index contributed by atoms with van der Waals surface area (Å²) in [6.07, 6.45) is 4.60. The predicted molar refractivity (Wildman–Crippen MR) is 62.4 cm³/mol. The minimum Gasteiger partial charge on any atom is -0.466 e. The molecule has 2 rings (SSSR count). The van der Waals surface area contributed by atoms with E-state index in [0.717, 1.165) is 12.8 Å². The van der Waals surface area contributed by atoms with Crippen LogP contribution in [0.1, 0.15) is 39.0 Å². The van der Waals surface area contributed by atoms with Gasteiger partial charge in [-0.25, -0.2) is 0 Å². The molecule has 2 N–H and O–H groups in total. The number of piperazine rings is 1. The van der Waals surface area contributed by atoms with Gasteiger partial charge in [-0.15, -0.1) is 0 Å². The van der Waals surface area contributed by atoms with Crippen LogP contribution >= 0.6 is 0 Å². The minimum atomic E-state index is -0.423. The Morgan fingerprint density at radius 2 is 2.06 bits per heavy atom. The largest absolute Gasteiger partial charge is 0.466 e. The van der Waals surface area contributed by atoms with E-state index in [4.69, 9.17) is 4.74 Å². The molecule has 2 aliphatic rings. The molecule has 1 amide bonds. The maximum absolute atomic E-state index is 11.8. The summed E-state index contributed by atoms with van der Waals surface area (Å²) in [5.74, 6) is -0.379. The van der Waals surface area contributed by atoms with Crippen LogP contribution in [-0.2, 0) is 14.3 Å². The highest BCUT2D eigenvalue weighted by Crippen LogP contribution is 2.22. The molecule has 5 heteroatoms. The molecule has 1 aliphatic carbocycles. The Morgan fingerprint density at radius 1 is 1.35 bits per heavy atom. The van der Waals surface area contributed by atoms with Gasteiger partial charge in [0.15, 0.2) is 0 Å². The molecule has 1 heterocycles. The number of esters is 1. The lowest BCUT2D eigenvalue weighted by Gasteiger charge is -2.40. The van der Waals surface area contributed by atoms with Gasteiger partial charge in [0.05, 0.1) is 19.1 Å². The number of hydrogen-bond acceptors (Lipinski definition) is 4. The van der Waals surface area contributed by atoms with E-state index in [-0.39, 0.29) is 24.3 Å². The first-order valence-corrected chi connectivity index (χ1v) is 6.42. The van der Waals surface area contributed by atoms with Crippen molar-refractivity contribution in [3.63, 3.8) is 0 Å². The van der Waals surface area contributed by atoms with Crippen LogP contribution in [0, 0.1) is 0 Å². The van der Waals surface area contributed by atoms with Crippen molar-refractivity contribution in [1.29, 1.82) is 0 Å². The first-order chi connectivity index (χ1) is 8.20. The third-order valence-corrected chi connectivity index (χ3v) is 3.50. The van der Waals surface area contributed by atoms with E-state index in [1.807, 2.05) is 0 Å². The summed E-state index contributed by atoms with van der Waals surface area (Å²) in [5.41, 5.74) is 0. The number of hydrogen-bond donors (Lipinski definition) is 2. The molecule has 1 saturated carbocycles. The summed E-state index contributed by atoms with van der Waals surface area (Å²) in [4.78, 5) is 23.2. The Hall–Kier alpha value is -1.10. The fourth-order valence-electron chi connectivity index (χ4n) is 2.66. The summed E-state index contributed by atoms with van der Waals surface area (Å²) >= 11 is 0. The van der Waals surface area contributed by atoms with Gasteiger partial charge in [-0.05, 0) is 19.8 Å². The summed E-state index contributed by atoms with van der Waals surface area (Å²) in [5, 5.41) is 6.29. The topological polar surface area (TPSA) is 67.4 Å². The molecule has 0 aromatic heterocycles. The van der Waals surface area contributed by atoms with E-state index in [1.54, 1.807) is 6.92 Å². The van der Waals surface area contributed by atoms with Crippen LogP contribution < -0.4 is 10.6 Å². The minimum absolute atomic E-state index is 0.0683. The standard InChI is InChI=1S/C12H20N2O3/c1-2-17-11(15)7-10-12(16)14-9-6-4-3-5-8(9)13-10/h8-10,13H,2-7H2,1H3,(H,14,16)/t8-,9+,10+/m0/s1. The lowest BCUT2D eigenvalue weighted by molar-refractivity contribution is -0.146. The summed E-state index contributed by atoms with van der Waals surface area (Å²) in [6, 6.07) is 0.143. The number of ether oxygens (including phenoxy) is 1. The van der Waals surface area contributed by atoms with Crippen molar-refractivity contribution in [3.8, 4) is 0 Å². The number of fused-ring (bicyclic) bond motifs is 1. The Kier molecular flexibility index (Phi) is 3.99. The van der Waals surface area contributed by atoms with Crippen molar-refractivity contribution in [1.82, 2.24) is 10.6 Å². The van der Waals surface area contributed by atoms with Crippen LogP contribution in [0.15, 0.2) is 0 Å². The molecular formula is C12H20N2O3. The summed E-state index contributed by atoms with van der Waals surface area (Å²) < 4.78 is 4.87. The average molecular weight is 240 g/mol. The SMILES string of the molecule is CCOC(=O)C[C@H]1N[C@H]2CCCC[C@H]2NC1=O. The monoisotopic (exact) mass is 240 g/mol. The zero-order valence-corrected chi connectivity index (χ0v) is 10.2. The van der Waals surface area contributed by atoms with E-state index in [1.165, 1.54) is 12.8 Å². The fraction of sp³-hybridized carbons (Fsp3) is 0.833.